The first-order chi connectivity index (χ1) is 7.58. The van der Waals surface area contributed by atoms with E-state index in [1.807, 2.05) is 0 Å². The summed E-state index contributed by atoms with van der Waals surface area (Å²) in [7, 11) is 0. The summed E-state index contributed by atoms with van der Waals surface area (Å²) in [6, 6.07) is 0. The SMILES string of the molecule is CC(C)CN1CC(c2scnc2C(=O)O)C1. The van der Waals surface area contributed by atoms with Crippen LogP contribution in [0.25, 0.3) is 0 Å². The molecular formula is C11H16N2O2S. The van der Waals surface area contributed by atoms with Crippen LogP contribution >= 0.6 is 11.3 Å². The number of carboxylic acids is 1. The molecule has 0 saturated carbocycles. The minimum absolute atomic E-state index is 0.249. The van der Waals surface area contributed by atoms with Gasteiger partial charge in [-0.3, -0.25) is 0 Å². The average molecular weight is 240 g/mol. The number of aromatic nitrogens is 1. The molecule has 1 N–H and O–H groups in total. The summed E-state index contributed by atoms with van der Waals surface area (Å²) >= 11 is 1.46. The van der Waals surface area contributed by atoms with Crippen molar-refractivity contribution in [1.29, 1.82) is 0 Å². The molecule has 2 heterocycles. The molecule has 2 rings (SSSR count). The second-order valence-electron chi connectivity index (χ2n) is 4.68. The number of nitrogens with zero attached hydrogens (tertiary/aromatic N) is 2. The predicted octanol–water partition coefficient (Wildman–Crippen LogP) is 1.90. The highest BCUT2D eigenvalue weighted by Gasteiger charge is 2.32. The second kappa shape index (κ2) is 4.51. The predicted molar refractivity (Wildman–Crippen MR) is 63.1 cm³/mol. The molecule has 0 aromatic carbocycles. The number of carbonyl (C=O) groups is 1. The molecule has 1 aromatic rings. The van der Waals surface area contributed by atoms with Gasteiger partial charge in [0.25, 0.3) is 0 Å². The number of rotatable bonds is 4. The zero-order valence-electron chi connectivity index (χ0n) is 9.51. The minimum atomic E-state index is -0.904. The fourth-order valence-corrected chi connectivity index (χ4v) is 2.97. The normalized spacial score (nSPS) is 17.7. The van der Waals surface area contributed by atoms with Gasteiger partial charge in [-0.1, -0.05) is 13.8 Å². The van der Waals surface area contributed by atoms with Gasteiger partial charge in [0.2, 0.25) is 0 Å². The smallest absolute Gasteiger partial charge is 0.355 e. The number of hydrogen-bond acceptors (Lipinski definition) is 4. The minimum Gasteiger partial charge on any atom is -0.476 e. The third kappa shape index (κ3) is 2.25. The van der Waals surface area contributed by atoms with Crippen LogP contribution in [0.5, 0.6) is 0 Å². The van der Waals surface area contributed by atoms with E-state index in [9.17, 15) is 4.79 Å². The lowest BCUT2D eigenvalue weighted by Crippen LogP contribution is -2.46. The molecule has 1 aromatic heterocycles. The molecule has 1 aliphatic heterocycles. The van der Waals surface area contributed by atoms with Crippen LogP contribution < -0.4 is 0 Å². The Bertz CT molecular complexity index is 383. The van der Waals surface area contributed by atoms with Crippen molar-refractivity contribution in [2.24, 2.45) is 5.92 Å². The highest BCUT2D eigenvalue weighted by atomic mass is 32.1. The number of carboxylic acid groups (broad SMARTS) is 1. The summed E-state index contributed by atoms with van der Waals surface area (Å²) in [5.41, 5.74) is 1.88. The van der Waals surface area contributed by atoms with Gasteiger partial charge in [-0.15, -0.1) is 11.3 Å². The standard InChI is InChI=1S/C11H16N2O2S/c1-7(2)3-13-4-8(5-13)10-9(11(14)15)12-6-16-10/h6-8H,3-5H2,1-2H3,(H,14,15). The maximum Gasteiger partial charge on any atom is 0.355 e. The van der Waals surface area contributed by atoms with E-state index in [-0.39, 0.29) is 5.69 Å². The number of likely N-dealkylation sites (tertiary alicyclic amines) is 1. The first-order valence-electron chi connectivity index (χ1n) is 5.47. The summed E-state index contributed by atoms with van der Waals surface area (Å²) < 4.78 is 0. The molecule has 5 heteroatoms. The molecular weight excluding hydrogens is 224 g/mol. The molecule has 16 heavy (non-hydrogen) atoms. The molecule has 0 aliphatic carbocycles. The molecule has 0 radical (unpaired) electrons. The van der Waals surface area contributed by atoms with Crippen molar-refractivity contribution in [2.45, 2.75) is 19.8 Å². The van der Waals surface area contributed by atoms with E-state index in [4.69, 9.17) is 5.11 Å². The molecule has 1 saturated heterocycles. The maximum atomic E-state index is 10.9. The zero-order chi connectivity index (χ0) is 11.7. The van der Waals surface area contributed by atoms with Crippen molar-refractivity contribution in [3.05, 3.63) is 16.1 Å². The summed E-state index contributed by atoms with van der Waals surface area (Å²) in [6.45, 7) is 7.43. The van der Waals surface area contributed by atoms with Gasteiger partial charge in [0.1, 0.15) is 0 Å². The van der Waals surface area contributed by atoms with E-state index >= 15 is 0 Å². The topological polar surface area (TPSA) is 53.4 Å². The Balaban J connectivity index is 1.96. The molecule has 0 spiro atoms. The van der Waals surface area contributed by atoms with Gasteiger partial charge in [0.15, 0.2) is 5.69 Å². The van der Waals surface area contributed by atoms with E-state index in [2.05, 4.69) is 23.7 Å². The quantitative estimate of drug-likeness (QED) is 0.873. The molecule has 1 aliphatic rings. The number of thiazole rings is 1. The summed E-state index contributed by atoms with van der Waals surface area (Å²) in [4.78, 5) is 18.1. The largest absolute Gasteiger partial charge is 0.476 e. The Morgan fingerprint density at radius 1 is 1.69 bits per heavy atom. The van der Waals surface area contributed by atoms with Gasteiger partial charge in [0, 0.05) is 30.4 Å². The molecule has 88 valence electrons. The fraction of sp³-hybridized carbons (Fsp3) is 0.636. The Morgan fingerprint density at radius 2 is 2.38 bits per heavy atom. The third-order valence-electron chi connectivity index (χ3n) is 2.75. The summed E-state index contributed by atoms with van der Waals surface area (Å²) in [6.07, 6.45) is 0. The van der Waals surface area contributed by atoms with Gasteiger partial charge in [-0.2, -0.15) is 0 Å². The highest BCUT2D eigenvalue weighted by Crippen LogP contribution is 2.32. The van der Waals surface area contributed by atoms with Crippen LogP contribution in [0.15, 0.2) is 5.51 Å². The average Bonchev–Trinajstić information content (AvgIpc) is 2.57. The third-order valence-corrected chi connectivity index (χ3v) is 3.74. The van der Waals surface area contributed by atoms with E-state index in [0.717, 1.165) is 24.5 Å². The summed E-state index contributed by atoms with van der Waals surface area (Å²) in [5.74, 6) is 0.136. The molecule has 1 fully saturated rings. The van der Waals surface area contributed by atoms with Crippen LogP contribution in [0.4, 0.5) is 0 Å². The van der Waals surface area contributed by atoms with Crippen molar-refractivity contribution in [2.75, 3.05) is 19.6 Å². The van der Waals surface area contributed by atoms with Gasteiger partial charge in [-0.25, -0.2) is 9.78 Å². The van der Waals surface area contributed by atoms with Crippen LogP contribution in [-0.2, 0) is 0 Å². The zero-order valence-corrected chi connectivity index (χ0v) is 10.3. The van der Waals surface area contributed by atoms with Crippen molar-refractivity contribution in [3.63, 3.8) is 0 Å². The molecule has 0 atom stereocenters. The van der Waals surface area contributed by atoms with E-state index in [0.29, 0.717) is 11.8 Å². The van der Waals surface area contributed by atoms with Crippen LogP contribution in [0.2, 0.25) is 0 Å². The molecule has 0 amide bonds. The van der Waals surface area contributed by atoms with Crippen molar-refractivity contribution in [3.8, 4) is 0 Å². The van der Waals surface area contributed by atoms with E-state index < -0.39 is 5.97 Å². The van der Waals surface area contributed by atoms with Crippen molar-refractivity contribution in [1.82, 2.24) is 9.88 Å². The lowest BCUT2D eigenvalue weighted by molar-refractivity contribution is 0.0685. The van der Waals surface area contributed by atoms with Crippen LogP contribution in [0.3, 0.4) is 0 Å². The Hall–Kier alpha value is -0.940. The first-order valence-corrected chi connectivity index (χ1v) is 6.35. The van der Waals surface area contributed by atoms with Crippen LogP contribution in [0, 0.1) is 5.92 Å². The lowest BCUT2D eigenvalue weighted by Gasteiger charge is -2.39. The number of hydrogen-bond donors (Lipinski definition) is 1. The summed E-state index contributed by atoms with van der Waals surface area (Å²) in [5, 5.41) is 8.96. The maximum absolute atomic E-state index is 10.9. The molecule has 4 nitrogen and oxygen atoms in total. The van der Waals surface area contributed by atoms with Crippen LogP contribution in [-0.4, -0.2) is 40.6 Å². The van der Waals surface area contributed by atoms with Gasteiger partial charge >= 0.3 is 5.97 Å². The van der Waals surface area contributed by atoms with E-state index in [1.54, 1.807) is 5.51 Å². The Labute approximate surface area is 98.9 Å². The number of aromatic carboxylic acids is 1. The van der Waals surface area contributed by atoms with Crippen molar-refractivity contribution < 1.29 is 9.90 Å². The monoisotopic (exact) mass is 240 g/mol. The van der Waals surface area contributed by atoms with E-state index in [1.165, 1.54) is 11.3 Å². The lowest BCUT2D eigenvalue weighted by atomic mass is 9.96. The Kier molecular flexibility index (Phi) is 3.25. The van der Waals surface area contributed by atoms with Gasteiger partial charge in [0.05, 0.1) is 5.51 Å². The second-order valence-corrected chi connectivity index (χ2v) is 5.57. The molecule has 0 bridgehead atoms. The van der Waals surface area contributed by atoms with Crippen molar-refractivity contribution >= 4 is 17.3 Å². The van der Waals surface area contributed by atoms with Gasteiger partial charge in [-0.05, 0) is 5.92 Å². The first kappa shape index (κ1) is 11.5. The van der Waals surface area contributed by atoms with Gasteiger partial charge < -0.3 is 10.0 Å². The fourth-order valence-electron chi connectivity index (χ4n) is 2.11. The van der Waals surface area contributed by atoms with Crippen LogP contribution in [0.1, 0.15) is 35.1 Å². The highest BCUT2D eigenvalue weighted by molar-refractivity contribution is 7.10. The molecule has 0 unspecified atom stereocenters. The Morgan fingerprint density at radius 3 is 2.94 bits per heavy atom.